The van der Waals surface area contributed by atoms with E-state index in [1.165, 1.54) is 6.33 Å². The van der Waals surface area contributed by atoms with Crippen molar-refractivity contribution < 1.29 is 27.9 Å². The molecule has 0 saturated heterocycles. The molecule has 0 radical (unpaired) electrons. The Labute approximate surface area is 208 Å². The third-order valence-electron chi connectivity index (χ3n) is 6.99. The molecule has 2 aliphatic rings. The van der Waals surface area contributed by atoms with Crippen LogP contribution in [0, 0.1) is 5.92 Å². The molecule has 1 heterocycles. The van der Waals surface area contributed by atoms with Crippen LogP contribution in [-0.4, -0.2) is 45.7 Å². The number of nitrogens with zero attached hydrogens (tertiary/aromatic N) is 3. The van der Waals surface area contributed by atoms with Crippen molar-refractivity contribution >= 4 is 23.3 Å². The molecule has 2 atom stereocenters. The molecule has 0 spiro atoms. The molecule has 4 rings (SSSR count). The van der Waals surface area contributed by atoms with Crippen LogP contribution in [0.1, 0.15) is 68.4 Å². The quantitative estimate of drug-likeness (QED) is 0.454. The Morgan fingerprint density at radius 2 is 1.83 bits per heavy atom. The van der Waals surface area contributed by atoms with Crippen molar-refractivity contribution in [1.82, 2.24) is 9.97 Å². The predicted octanol–water partition coefficient (Wildman–Crippen LogP) is 5.33. The van der Waals surface area contributed by atoms with Crippen LogP contribution in [0.5, 0.6) is 0 Å². The van der Waals surface area contributed by atoms with Crippen LogP contribution in [0.2, 0.25) is 0 Å². The van der Waals surface area contributed by atoms with Crippen molar-refractivity contribution in [2.75, 3.05) is 16.8 Å². The van der Waals surface area contributed by atoms with Crippen LogP contribution >= 0.6 is 0 Å². The zero-order valence-corrected chi connectivity index (χ0v) is 20.0. The number of hydrogen-bond acceptors (Lipinski definition) is 5. The second-order valence-electron chi connectivity index (χ2n) is 9.74. The Balaban J connectivity index is 1.62. The average Bonchev–Trinajstić information content (AvgIpc) is 3.64. The summed E-state index contributed by atoms with van der Waals surface area (Å²) in [6.45, 7) is 0.222. The number of rotatable bonds is 10. The Kier molecular flexibility index (Phi) is 8.11. The van der Waals surface area contributed by atoms with Gasteiger partial charge in [-0.15, -0.1) is 0 Å². The molecule has 2 N–H and O–H groups in total. The Morgan fingerprint density at radius 3 is 2.47 bits per heavy atom. The number of carbonyl (C=O) groups excluding carboxylic acids is 1. The van der Waals surface area contributed by atoms with Gasteiger partial charge in [0.25, 0.3) is 0 Å². The van der Waals surface area contributed by atoms with Crippen LogP contribution < -0.4 is 10.2 Å². The van der Waals surface area contributed by atoms with Gasteiger partial charge in [0.1, 0.15) is 6.33 Å². The van der Waals surface area contributed by atoms with Gasteiger partial charge in [-0.3, -0.25) is 9.59 Å². The topological polar surface area (TPSA) is 95.4 Å². The van der Waals surface area contributed by atoms with Crippen molar-refractivity contribution in [3.63, 3.8) is 0 Å². The highest BCUT2D eigenvalue weighted by molar-refractivity contribution is 5.96. The van der Waals surface area contributed by atoms with Crippen molar-refractivity contribution in [3.8, 4) is 0 Å². The first kappa shape index (κ1) is 25.9. The van der Waals surface area contributed by atoms with Gasteiger partial charge in [-0.25, -0.2) is 9.97 Å². The number of aromatic nitrogens is 2. The molecule has 194 valence electrons. The van der Waals surface area contributed by atoms with E-state index in [4.69, 9.17) is 0 Å². The molecule has 0 bridgehead atoms. The fraction of sp³-hybridized carbons (Fsp3) is 0.538. The van der Waals surface area contributed by atoms with E-state index in [1.54, 1.807) is 18.5 Å². The molecule has 2 aromatic rings. The summed E-state index contributed by atoms with van der Waals surface area (Å²) in [5.74, 6) is -1.74. The lowest BCUT2D eigenvalue weighted by Crippen LogP contribution is -2.38. The minimum absolute atomic E-state index is 0.0415. The number of carbonyl (C=O) groups is 2. The maximum atomic E-state index is 12.9. The molecule has 1 aromatic carbocycles. The number of benzene rings is 1. The number of carboxylic acid groups (broad SMARTS) is 1. The van der Waals surface area contributed by atoms with Crippen LogP contribution in [0.3, 0.4) is 0 Å². The summed E-state index contributed by atoms with van der Waals surface area (Å²) in [5, 5.41) is 12.3. The number of nitrogens with one attached hydrogen (secondary N) is 1. The molecule has 10 heteroatoms. The molecule has 36 heavy (non-hydrogen) atoms. The standard InChI is InChI=1S/C26H31F3N4O3/c27-26(28,29)9-4-10-33(19-5-2-1-3-6-19)23-8-7-18(20-13-21(20)25(35)36)12-22(23)32-24(34)11-17-14-30-16-31-15-17/h7-8,12,14-16,19-21H,1-6,9-11,13H2,(H,32,34)(H,35,36)/t20-,21-/m1/s1. The highest BCUT2D eigenvalue weighted by atomic mass is 19.4. The number of halogens is 3. The first-order valence-electron chi connectivity index (χ1n) is 12.4. The van der Waals surface area contributed by atoms with Crippen molar-refractivity contribution in [3.05, 3.63) is 48.0 Å². The fourth-order valence-corrected chi connectivity index (χ4v) is 5.11. The molecule has 0 aliphatic heterocycles. The first-order chi connectivity index (χ1) is 17.2. The lowest BCUT2D eigenvalue weighted by atomic mass is 9.93. The van der Waals surface area contributed by atoms with Crippen LogP contribution in [0.4, 0.5) is 24.5 Å². The Morgan fingerprint density at radius 1 is 1.11 bits per heavy atom. The molecule has 2 saturated carbocycles. The zero-order valence-electron chi connectivity index (χ0n) is 20.0. The van der Waals surface area contributed by atoms with Gasteiger partial charge in [-0.1, -0.05) is 25.3 Å². The molecule has 2 fully saturated rings. The lowest BCUT2D eigenvalue weighted by molar-refractivity contribution is -0.138. The Hall–Kier alpha value is -3.17. The fourth-order valence-electron chi connectivity index (χ4n) is 5.11. The minimum Gasteiger partial charge on any atom is -0.481 e. The summed E-state index contributed by atoms with van der Waals surface area (Å²) < 4.78 is 38.8. The monoisotopic (exact) mass is 504 g/mol. The summed E-state index contributed by atoms with van der Waals surface area (Å²) in [4.78, 5) is 34.2. The van der Waals surface area contributed by atoms with Gasteiger partial charge in [0.2, 0.25) is 5.91 Å². The van der Waals surface area contributed by atoms with Gasteiger partial charge in [-0.05, 0) is 54.9 Å². The van der Waals surface area contributed by atoms with Gasteiger partial charge in [0.15, 0.2) is 0 Å². The lowest BCUT2D eigenvalue weighted by Gasteiger charge is -2.37. The van der Waals surface area contributed by atoms with Crippen LogP contribution in [-0.2, 0) is 16.0 Å². The highest BCUT2D eigenvalue weighted by Gasteiger charge is 2.44. The number of amides is 1. The predicted molar refractivity (Wildman–Crippen MR) is 129 cm³/mol. The van der Waals surface area contributed by atoms with Crippen LogP contribution in [0.25, 0.3) is 0 Å². The van der Waals surface area contributed by atoms with E-state index in [1.807, 2.05) is 17.0 Å². The maximum absolute atomic E-state index is 12.9. The molecule has 7 nitrogen and oxygen atoms in total. The van der Waals surface area contributed by atoms with Crippen LogP contribution in [0.15, 0.2) is 36.9 Å². The van der Waals surface area contributed by atoms with Gasteiger partial charge in [0, 0.05) is 31.4 Å². The zero-order chi connectivity index (χ0) is 25.7. The molecule has 1 aromatic heterocycles. The number of hydrogen-bond donors (Lipinski definition) is 2. The number of carboxylic acids is 1. The van der Waals surface area contributed by atoms with E-state index in [0.717, 1.165) is 37.7 Å². The van der Waals surface area contributed by atoms with E-state index < -0.39 is 24.5 Å². The van der Waals surface area contributed by atoms with Crippen molar-refractivity contribution in [1.29, 1.82) is 0 Å². The summed E-state index contributed by atoms with van der Waals surface area (Å²) in [6, 6.07) is 5.56. The smallest absolute Gasteiger partial charge is 0.389 e. The van der Waals surface area contributed by atoms with Gasteiger partial charge >= 0.3 is 12.1 Å². The number of anilines is 2. The third kappa shape index (κ3) is 6.95. The summed E-state index contributed by atoms with van der Waals surface area (Å²) in [6.07, 6.45) is 4.80. The average molecular weight is 505 g/mol. The molecular formula is C26H31F3N4O3. The van der Waals surface area contributed by atoms with Gasteiger partial charge < -0.3 is 15.3 Å². The van der Waals surface area contributed by atoms with Crippen molar-refractivity contribution in [2.24, 2.45) is 5.92 Å². The largest absolute Gasteiger partial charge is 0.481 e. The minimum atomic E-state index is -4.23. The molecular weight excluding hydrogens is 473 g/mol. The number of aliphatic carboxylic acids is 1. The summed E-state index contributed by atoms with van der Waals surface area (Å²) in [5.41, 5.74) is 2.62. The third-order valence-corrected chi connectivity index (χ3v) is 6.99. The second kappa shape index (κ2) is 11.3. The molecule has 2 aliphatic carbocycles. The number of alkyl halides is 3. The molecule has 1 amide bonds. The molecule has 0 unspecified atom stereocenters. The first-order valence-corrected chi connectivity index (χ1v) is 12.4. The highest BCUT2D eigenvalue weighted by Crippen LogP contribution is 2.49. The normalized spacial score (nSPS) is 20.1. The van der Waals surface area contributed by atoms with Gasteiger partial charge in [0.05, 0.1) is 23.7 Å². The summed E-state index contributed by atoms with van der Waals surface area (Å²) in [7, 11) is 0. The second-order valence-corrected chi connectivity index (χ2v) is 9.74. The SMILES string of the molecule is O=C(Cc1cncnc1)Nc1cc([C@H]2C[C@H]2C(=O)O)ccc1N(CCCC(F)(F)F)C1CCCCC1. The van der Waals surface area contributed by atoms with E-state index >= 15 is 0 Å². The van der Waals surface area contributed by atoms with E-state index in [9.17, 15) is 27.9 Å². The van der Waals surface area contributed by atoms with Gasteiger partial charge in [-0.2, -0.15) is 13.2 Å². The summed E-state index contributed by atoms with van der Waals surface area (Å²) >= 11 is 0. The maximum Gasteiger partial charge on any atom is 0.389 e. The van der Waals surface area contributed by atoms with E-state index in [-0.39, 0.29) is 37.3 Å². The van der Waals surface area contributed by atoms with Crippen molar-refractivity contribution in [2.45, 2.75) is 75.9 Å². The van der Waals surface area contributed by atoms with E-state index in [0.29, 0.717) is 23.4 Å². The Bertz CT molecular complexity index is 1060. The van der Waals surface area contributed by atoms with E-state index in [2.05, 4.69) is 15.3 Å².